The molecule has 0 unspecified atom stereocenters. The number of nitrogens with one attached hydrogen (secondary N) is 1. The Balaban J connectivity index is 3.08. The van der Waals surface area contributed by atoms with Crippen LogP contribution < -0.4 is 11.3 Å². The molecule has 0 atom stereocenters. The summed E-state index contributed by atoms with van der Waals surface area (Å²) in [6.45, 7) is 0. The van der Waals surface area contributed by atoms with Crippen LogP contribution in [0.1, 0.15) is 10.4 Å². The highest BCUT2D eigenvalue weighted by molar-refractivity contribution is 14.1. The molecule has 0 saturated heterocycles. The first-order valence-corrected chi connectivity index (χ1v) is 5.13. The molecular weight excluding hydrogens is 384 g/mol. The topological polar surface area (TPSA) is 68.0 Å². The normalized spacial score (nSPS) is 9.58. The predicted octanol–water partition coefficient (Wildman–Crippen LogP) is 0.894. The largest absolute Gasteiger partial charge is 0.290 e. The van der Waals surface area contributed by atoms with Gasteiger partial charge in [-0.25, -0.2) is 10.8 Å². The average molecular weight is 389 g/mol. The van der Waals surface area contributed by atoms with Crippen LogP contribution >= 0.6 is 45.2 Å². The summed E-state index contributed by atoms with van der Waals surface area (Å²) in [4.78, 5) is 15.2. The van der Waals surface area contributed by atoms with Crippen molar-refractivity contribution in [3.8, 4) is 0 Å². The molecule has 1 aromatic heterocycles. The van der Waals surface area contributed by atoms with Gasteiger partial charge in [-0.1, -0.05) is 0 Å². The lowest BCUT2D eigenvalue weighted by Crippen LogP contribution is -2.30. The van der Waals surface area contributed by atoms with Gasteiger partial charge in [0.25, 0.3) is 5.91 Å². The van der Waals surface area contributed by atoms with Gasteiger partial charge in [0.05, 0.1) is 0 Å². The van der Waals surface area contributed by atoms with Crippen LogP contribution in [0.4, 0.5) is 0 Å². The summed E-state index contributed by atoms with van der Waals surface area (Å²) in [6, 6.07) is 3.34. The van der Waals surface area contributed by atoms with Crippen LogP contribution in [0.25, 0.3) is 0 Å². The van der Waals surface area contributed by atoms with Crippen molar-refractivity contribution in [3.05, 3.63) is 25.1 Å². The maximum atomic E-state index is 11.0. The van der Waals surface area contributed by atoms with Crippen LogP contribution in [0.3, 0.4) is 0 Å². The van der Waals surface area contributed by atoms with Crippen molar-refractivity contribution in [2.75, 3.05) is 0 Å². The van der Waals surface area contributed by atoms with E-state index in [1.165, 1.54) is 0 Å². The van der Waals surface area contributed by atoms with Crippen molar-refractivity contribution in [2.45, 2.75) is 0 Å². The average Bonchev–Trinajstić information content (AvgIpc) is 2.01. The Hall–Kier alpha value is 0.0400. The molecule has 0 saturated carbocycles. The lowest BCUT2D eigenvalue weighted by molar-refractivity contribution is 0.0953. The van der Waals surface area contributed by atoms with Gasteiger partial charge < -0.3 is 0 Å². The number of nitrogens with zero attached hydrogens (tertiary/aromatic N) is 1. The number of amides is 1. The Morgan fingerprint density at radius 3 is 2.33 bits per heavy atom. The van der Waals surface area contributed by atoms with Gasteiger partial charge in [0.2, 0.25) is 0 Å². The standard InChI is InChI=1S/C6H5I2N3O/c7-4-1-3(6(12)11-9)2-5(8)10-4/h1-2H,9H2,(H,11,12). The van der Waals surface area contributed by atoms with Crippen molar-refractivity contribution in [1.29, 1.82) is 0 Å². The highest BCUT2D eigenvalue weighted by atomic mass is 127. The first-order valence-electron chi connectivity index (χ1n) is 2.97. The van der Waals surface area contributed by atoms with E-state index in [2.05, 4.69) is 10.4 Å². The van der Waals surface area contributed by atoms with E-state index < -0.39 is 0 Å². The maximum absolute atomic E-state index is 11.0. The second kappa shape index (κ2) is 4.33. The molecule has 0 bridgehead atoms. The van der Waals surface area contributed by atoms with E-state index in [0.717, 1.165) is 7.40 Å². The monoisotopic (exact) mass is 389 g/mol. The fourth-order valence-corrected chi connectivity index (χ4v) is 2.33. The number of hydrogen-bond donors (Lipinski definition) is 2. The van der Waals surface area contributed by atoms with Crippen LogP contribution in [0, 0.1) is 7.40 Å². The van der Waals surface area contributed by atoms with Gasteiger partial charge in [-0.3, -0.25) is 10.2 Å². The number of carbonyl (C=O) groups excluding carboxylic acids is 1. The molecule has 4 nitrogen and oxygen atoms in total. The second-order valence-corrected chi connectivity index (χ2v) is 4.19. The molecule has 3 N–H and O–H groups in total. The van der Waals surface area contributed by atoms with Crippen LogP contribution in [-0.4, -0.2) is 10.9 Å². The molecule has 64 valence electrons. The number of nitrogens with two attached hydrogens (primary N) is 1. The molecule has 1 heterocycles. The molecule has 1 rings (SSSR count). The molecular formula is C6H5I2N3O. The zero-order valence-corrected chi connectivity index (χ0v) is 10.2. The number of halogens is 2. The molecule has 0 radical (unpaired) electrons. The van der Waals surface area contributed by atoms with E-state index in [0.29, 0.717) is 5.56 Å². The number of rotatable bonds is 1. The molecule has 0 aliphatic rings. The summed E-state index contributed by atoms with van der Waals surface area (Å²) in [5.41, 5.74) is 2.59. The van der Waals surface area contributed by atoms with Crippen LogP contribution in [-0.2, 0) is 0 Å². The van der Waals surface area contributed by atoms with Crippen molar-refractivity contribution in [1.82, 2.24) is 10.4 Å². The molecule has 12 heavy (non-hydrogen) atoms. The minimum absolute atomic E-state index is 0.298. The van der Waals surface area contributed by atoms with Crippen molar-refractivity contribution < 1.29 is 4.79 Å². The number of carbonyl (C=O) groups is 1. The summed E-state index contributed by atoms with van der Waals surface area (Å²) in [5, 5.41) is 0. The van der Waals surface area contributed by atoms with Gasteiger partial charge in [0, 0.05) is 5.56 Å². The third-order valence-electron chi connectivity index (χ3n) is 1.16. The molecule has 0 aromatic carbocycles. The predicted molar refractivity (Wildman–Crippen MR) is 61.3 cm³/mol. The van der Waals surface area contributed by atoms with Crippen molar-refractivity contribution in [3.63, 3.8) is 0 Å². The van der Waals surface area contributed by atoms with Gasteiger partial charge in [-0.15, -0.1) is 0 Å². The molecule has 6 heteroatoms. The Morgan fingerprint density at radius 2 is 1.92 bits per heavy atom. The highest BCUT2D eigenvalue weighted by Gasteiger charge is 2.05. The Morgan fingerprint density at radius 1 is 1.42 bits per heavy atom. The highest BCUT2D eigenvalue weighted by Crippen LogP contribution is 2.09. The number of aromatic nitrogens is 1. The van der Waals surface area contributed by atoms with E-state index in [9.17, 15) is 4.79 Å². The third-order valence-corrected chi connectivity index (χ3v) is 2.26. The Kier molecular flexibility index (Phi) is 3.65. The van der Waals surface area contributed by atoms with Gasteiger partial charge in [-0.05, 0) is 57.3 Å². The van der Waals surface area contributed by atoms with E-state index in [4.69, 9.17) is 5.84 Å². The second-order valence-electron chi connectivity index (χ2n) is 1.97. The third kappa shape index (κ3) is 2.52. The van der Waals surface area contributed by atoms with Gasteiger partial charge in [0.1, 0.15) is 7.40 Å². The number of pyridine rings is 1. The Bertz CT molecular complexity index is 295. The minimum atomic E-state index is -0.298. The van der Waals surface area contributed by atoms with Gasteiger partial charge in [0.15, 0.2) is 0 Å². The van der Waals surface area contributed by atoms with Crippen LogP contribution in [0.2, 0.25) is 0 Å². The molecule has 0 aliphatic carbocycles. The van der Waals surface area contributed by atoms with E-state index >= 15 is 0 Å². The summed E-state index contributed by atoms with van der Waals surface area (Å²) < 4.78 is 1.55. The fourth-order valence-electron chi connectivity index (χ4n) is 0.679. The first kappa shape index (κ1) is 10.1. The molecule has 0 spiro atoms. The fraction of sp³-hybridized carbons (Fsp3) is 0. The number of nitrogen functional groups attached to an aromatic ring is 1. The first-order chi connectivity index (χ1) is 5.63. The van der Waals surface area contributed by atoms with E-state index in [1.54, 1.807) is 12.1 Å². The summed E-state index contributed by atoms with van der Waals surface area (Å²) in [6.07, 6.45) is 0. The van der Waals surface area contributed by atoms with Gasteiger partial charge >= 0.3 is 0 Å². The number of hydrazine groups is 1. The summed E-state index contributed by atoms with van der Waals surface area (Å²) >= 11 is 4.09. The lowest BCUT2D eigenvalue weighted by Gasteiger charge is -2.00. The zero-order chi connectivity index (χ0) is 9.14. The molecule has 1 amide bonds. The Labute approximate surface area is 96.6 Å². The summed E-state index contributed by atoms with van der Waals surface area (Å²) in [7, 11) is 0. The smallest absolute Gasteiger partial charge is 0.265 e. The van der Waals surface area contributed by atoms with Crippen LogP contribution in [0.15, 0.2) is 12.1 Å². The van der Waals surface area contributed by atoms with Crippen LogP contribution in [0.5, 0.6) is 0 Å². The van der Waals surface area contributed by atoms with Crippen molar-refractivity contribution in [2.24, 2.45) is 5.84 Å². The van der Waals surface area contributed by atoms with Gasteiger partial charge in [-0.2, -0.15) is 0 Å². The minimum Gasteiger partial charge on any atom is -0.290 e. The molecule has 0 fully saturated rings. The van der Waals surface area contributed by atoms with E-state index in [-0.39, 0.29) is 5.91 Å². The number of hydrogen-bond acceptors (Lipinski definition) is 3. The van der Waals surface area contributed by atoms with E-state index in [1.807, 2.05) is 45.2 Å². The zero-order valence-electron chi connectivity index (χ0n) is 5.84. The SMILES string of the molecule is NNC(=O)c1cc(I)nc(I)c1. The molecule has 1 aromatic rings. The van der Waals surface area contributed by atoms with Crippen molar-refractivity contribution >= 4 is 51.1 Å². The summed E-state index contributed by atoms with van der Waals surface area (Å²) in [5.74, 6) is 4.68. The quantitative estimate of drug-likeness (QED) is 0.247. The lowest BCUT2D eigenvalue weighted by atomic mass is 10.3. The molecule has 0 aliphatic heterocycles. The maximum Gasteiger partial charge on any atom is 0.265 e.